The first-order chi connectivity index (χ1) is 13.3. The number of rotatable bonds is 3. The summed E-state index contributed by atoms with van der Waals surface area (Å²) in [5, 5.41) is 12.2. The third-order valence-electron chi connectivity index (χ3n) is 4.81. The van der Waals surface area contributed by atoms with Gasteiger partial charge in [-0.2, -0.15) is 10.2 Å². The second-order valence-corrected chi connectivity index (χ2v) is 7.23. The summed E-state index contributed by atoms with van der Waals surface area (Å²) in [5.41, 5.74) is 1.44. The Morgan fingerprint density at radius 2 is 2.11 bits per heavy atom. The molecule has 1 atom stereocenters. The highest BCUT2D eigenvalue weighted by atomic mass is 16.2. The molecule has 4 rings (SSSR count). The van der Waals surface area contributed by atoms with Crippen LogP contribution in [0.5, 0.6) is 0 Å². The van der Waals surface area contributed by atoms with Crippen LogP contribution in [0.2, 0.25) is 0 Å². The minimum Gasteiger partial charge on any atom is -0.337 e. The monoisotopic (exact) mass is 382 g/mol. The van der Waals surface area contributed by atoms with Gasteiger partial charge in [0.25, 0.3) is 11.8 Å². The minimum absolute atomic E-state index is 0.0168. The lowest BCUT2D eigenvalue weighted by Gasteiger charge is -2.20. The van der Waals surface area contributed by atoms with E-state index in [2.05, 4.69) is 25.5 Å². The van der Waals surface area contributed by atoms with E-state index in [1.54, 1.807) is 28.8 Å². The topological polar surface area (TPSA) is 111 Å². The van der Waals surface area contributed by atoms with E-state index in [0.29, 0.717) is 18.6 Å². The molecule has 0 saturated carbocycles. The third-order valence-corrected chi connectivity index (χ3v) is 4.81. The highest BCUT2D eigenvalue weighted by molar-refractivity contribution is 6.01. The molecule has 2 amide bonds. The van der Waals surface area contributed by atoms with Gasteiger partial charge in [-0.25, -0.2) is 19.3 Å². The molecule has 0 radical (unpaired) electrons. The molecule has 146 valence electrons. The molecule has 1 N–H and O–H groups in total. The second kappa shape index (κ2) is 6.70. The molecule has 0 spiro atoms. The van der Waals surface area contributed by atoms with Gasteiger partial charge in [-0.15, -0.1) is 0 Å². The van der Waals surface area contributed by atoms with Gasteiger partial charge >= 0.3 is 0 Å². The standard InChI is InChI=1S/C18H22N8O2/c1-10(2)26-16-12(9-20-26)8-19-15(22-16)17(27)21-13-5-6-25-14(7-11(3)23-25)24(4)18(13)28/h7-10,13H,5-6H2,1-4H3,(H,21,27)/t13-/m0/s1. The Morgan fingerprint density at radius 1 is 1.32 bits per heavy atom. The number of hydrogen-bond acceptors (Lipinski definition) is 6. The second-order valence-electron chi connectivity index (χ2n) is 7.23. The van der Waals surface area contributed by atoms with Gasteiger partial charge in [0.1, 0.15) is 11.9 Å². The Bertz CT molecular complexity index is 1070. The molecule has 4 heterocycles. The first-order valence-electron chi connectivity index (χ1n) is 9.18. The maximum atomic E-state index is 12.8. The average molecular weight is 382 g/mol. The Hall–Kier alpha value is -3.30. The Labute approximate surface area is 161 Å². The number of fused-ring (bicyclic) bond motifs is 2. The van der Waals surface area contributed by atoms with E-state index in [4.69, 9.17) is 0 Å². The van der Waals surface area contributed by atoms with Gasteiger partial charge < -0.3 is 5.32 Å². The highest BCUT2D eigenvalue weighted by Crippen LogP contribution is 2.21. The fourth-order valence-corrected chi connectivity index (χ4v) is 3.37. The first-order valence-corrected chi connectivity index (χ1v) is 9.18. The Kier molecular flexibility index (Phi) is 4.33. The van der Waals surface area contributed by atoms with Crippen molar-refractivity contribution in [2.75, 3.05) is 11.9 Å². The fourth-order valence-electron chi connectivity index (χ4n) is 3.37. The molecule has 0 fully saturated rings. The Balaban J connectivity index is 1.56. The van der Waals surface area contributed by atoms with Crippen LogP contribution in [-0.4, -0.2) is 54.4 Å². The summed E-state index contributed by atoms with van der Waals surface area (Å²) in [6.07, 6.45) is 3.68. The van der Waals surface area contributed by atoms with Crippen molar-refractivity contribution in [3.8, 4) is 0 Å². The van der Waals surface area contributed by atoms with Crippen molar-refractivity contribution in [3.63, 3.8) is 0 Å². The molecule has 0 saturated heterocycles. The number of carbonyl (C=O) groups excluding carboxylic acids is 2. The largest absolute Gasteiger partial charge is 0.337 e. The molecule has 28 heavy (non-hydrogen) atoms. The van der Waals surface area contributed by atoms with Gasteiger partial charge in [-0.3, -0.25) is 14.5 Å². The lowest BCUT2D eigenvalue weighted by Crippen LogP contribution is -2.47. The number of nitrogens with one attached hydrogen (secondary N) is 1. The van der Waals surface area contributed by atoms with E-state index in [-0.39, 0.29) is 17.8 Å². The SMILES string of the molecule is Cc1cc2n(n1)CC[C@H](NC(=O)c1ncc3cnn(C(C)C)c3n1)C(=O)N2C. The number of aryl methyl sites for hydroxylation is 2. The van der Waals surface area contributed by atoms with E-state index in [1.807, 2.05) is 26.8 Å². The zero-order chi connectivity index (χ0) is 20.0. The lowest BCUT2D eigenvalue weighted by molar-refractivity contribution is -0.120. The molecular weight excluding hydrogens is 360 g/mol. The molecule has 10 heteroatoms. The number of likely N-dealkylation sites (N-methyl/N-ethyl adjacent to an activating group) is 1. The quantitative estimate of drug-likeness (QED) is 0.726. The number of carbonyl (C=O) groups is 2. The predicted octanol–water partition coefficient (Wildman–Crippen LogP) is 1.08. The Morgan fingerprint density at radius 3 is 2.86 bits per heavy atom. The van der Waals surface area contributed by atoms with Crippen LogP contribution in [0.3, 0.4) is 0 Å². The zero-order valence-corrected chi connectivity index (χ0v) is 16.2. The van der Waals surface area contributed by atoms with Crippen molar-refractivity contribution < 1.29 is 9.59 Å². The van der Waals surface area contributed by atoms with Gasteiger partial charge in [0.05, 0.1) is 17.3 Å². The molecule has 1 aliphatic rings. The van der Waals surface area contributed by atoms with Gasteiger partial charge in [0, 0.05) is 31.9 Å². The van der Waals surface area contributed by atoms with E-state index in [9.17, 15) is 9.59 Å². The molecule has 0 bridgehead atoms. The van der Waals surface area contributed by atoms with Gasteiger partial charge in [0.15, 0.2) is 5.65 Å². The van der Waals surface area contributed by atoms with Crippen LogP contribution in [0.15, 0.2) is 18.5 Å². The number of nitrogens with zero attached hydrogens (tertiary/aromatic N) is 7. The van der Waals surface area contributed by atoms with Gasteiger partial charge in [0.2, 0.25) is 5.82 Å². The van der Waals surface area contributed by atoms with Gasteiger partial charge in [-0.1, -0.05) is 0 Å². The zero-order valence-electron chi connectivity index (χ0n) is 16.2. The van der Waals surface area contributed by atoms with Crippen molar-refractivity contribution in [1.29, 1.82) is 0 Å². The van der Waals surface area contributed by atoms with E-state index >= 15 is 0 Å². The van der Waals surface area contributed by atoms with Crippen molar-refractivity contribution in [1.82, 2.24) is 34.8 Å². The molecule has 3 aromatic heterocycles. The summed E-state index contributed by atoms with van der Waals surface area (Å²) in [6, 6.07) is 1.28. The summed E-state index contributed by atoms with van der Waals surface area (Å²) >= 11 is 0. The van der Waals surface area contributed by atoms with Crippen molar-refractivity contribution in [2.24, 2.45) is 0 Å². The number of anilines is 1. The number of aromatic nitrogens is 6. The summed E-state index contributed by atoms with van der Waals surface area (Å²) in [4.78, 5) is 35.6. The van der Waals surface area contributed by atoms with Crippen molar-refractivity contribution in [2.45, 2.75) is 45.8 Å². The molecule has 1 aliphatic heterocycles. The number of amides is 2. The van der Waals surface area contributed by atoms with Crippen LogP contribution in [-0.2, 0) is 11.3 Å². The van der Waals surface area contributed by atoms with Crippen molar-refractivity contribution in [3.05, 3.63) is 30.0 Å². The predicted molar refractivity (Wildman–Crippen MR) is 102 cm³/mol. The van der Waals surface area contributed by atoms with Crippen LogP contribution in [0.1, 0.15) is 42.6 Å². The fraction of sp³-hybridized carbons (Fsp3) is 0.444. The summed E-state index contributed by atoms with van der Waals surface area (Å²) in [5.74, 6) is 0.0575. The molecule has 0 aromatic carbocycles. The minimum atomic E-state index is -0.672. The van der Waals surface area contributed by atoms with Crippen molar-refractivity contribution >= 4 is 28.7 Å². The van der Waals surface area contributed by atoms with Gasteiger partial charge in [-0.05, 0) is 27.2 Å². The normalized spacial score (nSPS) is 17.1. The molecule has 0 aliphatic carbocycles. The molecule has 10 nitrogen and oxygen atoms in total. The average Bonchev–Trinajstić information content (AvgIpc) is 3.23. The maximum Gasteiger partial charge on any atom is 0.289 e. The molecule has 3 aromatic rings. The highest BCUT2D eigenvalue weighted by Gasteiger charge is 2.31. The summed E-state index contributed by atoms with van der Waals surface area (Å²) < 4.78 is 3.52. The van der Waals surface area contributed by atoms with Crippen LogP contribution < -0.4 is 10.2 Å². The van der Waals surface area contributed by atoms with Crippen LogP contribution in [0, 0.1) is 6.92 Å². The van der Waals surface area contributed by atoms with Crippen LogP contribution >= 0.6 is 0 Å². The first kappa shape index (κ1) is 18.1. The van der Waals surface area contributed by atoms with Crippen LogP contribution in [0.25, 0.3) is 11.0 Å². The van der Waals surface area contributed by atoms with E-state index < -0.39 is 11.9 Å². The van der Waals surface area contributed by atoms with Crippen LogP contribution in [0.4, 0.5) is 5.82 Å². The smallest absolute Gasteiger partial charge is 0.289 e. The lowest BCUT2D eigenvalue weighted by atomic mass is 10.2. The number of hydrogen-bond donors (Lipinski definition) is 1. The third kappa shape index (κ3) is 3.00. The van der Waals surface area contributed by atoms with E-state index in [0.717, 1.165) is 16.9 Å². The maximum absolute atomic E-state index is 12.8. The molecule has 0 unspecified atom stereocenters. The van der Waals surface area contributed by atoms with E-state index in [1.165, 1.54) is 4.90 Å². The summed E-state index contributed by atoms with van der Waals surface area (Å²) in [6.45, 7) is 6.39. The summed E-state index contributed by atoms with van der Waals surface area (Å²) in [7, 11) is 1.68. The molecular formula is C18H22N8O2.